The molecule has 5 atom stereocenters. The SMILES string of the molecule is CC.CC12CCC3c4ccc(CO)cc4CCC3C1CCC2N. The van der Waals surface area contributed by atoms with Gasteiger partial charge in [0, 0.05) is 6.04 Å². The normalized spacial score (nSPS) is 38.0. The topological polar surface area (TPSA) is 46.2 Å². The Kier molecular flexibility index (Phi) is 4.85. The molecule has 1 aromatic carbocycles. The van der Waals surface area contributed by atoms with Gasteiger partial charge in [-0.25, -0.2) is 0 Å². The van der Waals surface area contributed by atoms with Gasteiger partial charge in [-0.15, -0.1) is 0 Å². The Balaban J connectivity index is 0.000000753. The highest BCUT2D eigenvalue weighted by Gasteiger charge is 2.53. The van der Waals surface area contributed by atoms with Crippen molar-refractivity contribution in [2.24, 2.45) is 23.0 Å². The number of aliphatic hydroxyl groups is 1. The molecule has 0 amide bonds. The third kappa shape index (κ3) is 2.64. The van der Waals surface area contributed by atoms with Crippen LogP contribution in [-0.4, -0.2) is 11.1 Å². The van der Waals surface area contributed by atoms with E-state index >= 15 is 0 Å². The maximum absolute atomic E-state index is 9.34. The number of aryl methyl sites for hydroxylation is 1. The van der Waals surface area contributed by atoms with Crippen molar-refractivity contribution in [2.75, 3.05) is 0 Å². The van der Waals surface area contributed by atoms with Crippen LogP contribution < -0.4 is 5.73 Å². The van der Waals surface area contributed by atoms with Gasteiger partial charge in [-0.1, -0.05) is 39.0 Å². The summed E-state index contributed by atoms with van der Waals surface area (Å²) in [7, 11) is 0. The number of hydrogen-bond donors (Lipinski definition) is 2. The molecule has 2 fully saturated rings. The van der Waals surface area contributed by atoms with Crippen LogP contribution in [0, 0.1) is 17.3 Å². The molecule has 4 rings (SSSR count). The standard InChI is InChI=1S/C19H27NO.C2H6/c1-19-9-8-15-14-4-2-12(11-21)10-13(14)3-5-16(15)17(19)6-7-18(19)20;1-2/h2,4,10,15-18,21H,3,5-9,11,20H2,1H3;1-2H3. The number of benzene rings is 1. The third-order valence-electron chi connectivity index (χ3n) is 7.05. The van der Waals surface area contributed by atoms with Crippen LogP contribution >= 0.6 is 0 Å². The van der Waals surface area contributed by atoms with Crippen LogP contribution in [0.15, 0.2) is 18.2 Å². The first-order chi connectivity index (χ1) is 11.1. The molecular formula is C21H33NO. The van der Waals surface area contributed by atoms with E-state index in [1.807, 2.05) is 13.8 Å². The van der Waals surface area contributed by atoms with Crippen LogP contribution in [0.25, 0.3) is 0 Å². The molecule has 1 aromatic rings. The maximum Gasteiger partial charge on any atom is 0.0681 e. The second-order valence-corrected chi connectivity index (χ2v) is 7.84. The molecule has 0 radical (unpaired) electrons. The van der Waals surface area contributed by atoms with Crippen LogP contribution in [-0.2, 0) is 13.0 Å². The van der Waals surface area contributed by atoms with Crippen molar-refractivity contribution in [2.45, 2.75) is 77.9 Å². The fourth-order valence-electron chi connectivity index (χ4n) is 5.77. The van der Waals surface area contributed by atoms with Gasteiger partial charge in [0.1, 0.15) is 0 Å². The van der Waals surface area contributed by atoms with Crippen molar-refractivity contribution in [3.05, 3.63) is 34.9 Å². The van der Waals surface area contributed by atoms with Crippen molar-refractivity contribution in [3.63, 3.8) is 0 Å². The monoisotopic (exact) mass is 315 g/mol. The average Bonchev–Trinajstić information content (AvgIpc) is 2.91. The van der Waals surface area contributed by atoms with E-state index in [0.717, 1.165) is 23.3 Å². The van der Waals surface area contributed by atoms with E-state index in [1.54, 1.807) is 5.56 Å². The summed E-state index contributed by atoms with van der Waals surface area (Å²) in [4.78, 5) is 0. The molecule has 3 N–H and O–H groups in total. The maximum atomic E-state index is 9.34. The Morgan fingerprint density at radius 1 is 1.17 bits per heavy atom. The summed E-state index contributed by atoms with van der Waals surface area (Å²) in [5.41, 5.74) is 11.0. The number of rotatable bonds is 1. The van der Waals surface area contributed by atoms with Gasteiger partial charge >= 0.3 is 0 Å². The molecule has 2 heteroatoms. The van der Waals surface area contributed by atoms with Gasteiger partial charge in [-0.05, 0) is 78.4 Å². The van der Waals surface area contributed by atoms with Gasteiger partial charge in [0.05, 0.1) is 6.61 Å². The molecule has 2 nitrogen and oxygen atoms in total. The summed E-state index contributed by atoms with van der Waals surface area (Å²) in [5.74, 6) is 2.41. The van der Waals surface area contributed by atoms with Crippen LogP contribution in [0.4, 0.5) is 0 Å². The molecule has 0 bridgehead atoms. The fourth-order valence-corrected chi connectivity index (χ4v) is 5.77. The van der Waals surface area contributed by atoms with Gasteiger partial charge in [0.15, 0.2) is 0 Å². The lowest BCUT2D eigenvalue weighted by molar-refractivity contribution is 0.0496. The summed E-state index contributed by atoms with van der Waals surface area (Å²) in [6, 6.07) is 7.08. The number of hydrogen-bond acceptors (Lipinski definition) is 2. The van der Waals surface area contributed by atoms with Crippen molar-refractivity contribution in [1.82, 2.24) is 0 Å². The minimum absolute atomic E-state index is 0.164. The zero-order valence-electron chi connectivity index (χ0n) is 15.0. The number of aliphatic hydroxyl groups excluding tert-OH is 1. The van der Waals surface area contributed by atoms with E-state index in [-0.39, 0.29) is 6.61 Å². The lowest BCUT2D eigenvalue weighted by Gasteiger charge is -2.50. The van der Waals surface area contributed by atoms with Gasteiger partial charge in [0.25, 0.3) is 0 Å². The molecule has 0 aromatic heterocycles. The van der Waals surface area contributed by atoms with Crippen molar-refractivity contribution in [3.8, 4) is 0 Å². The highest BCUT2D eigenvalue weighted by molar-refractivity contribution is 5.38. The molecule has 2 saturated carbocycles. The largest absolute Gasteiger partial charge is 0.392 e. The minimum atomic E-state index is 0.164. The Morgan fingerprint density at radius 2 is 1.96 bits per heavy atom. The highest BCUT2D eigenvalue weighted by atomic mass is 16.3. The summed E-state index contributed by atoms with van der Waals surface area (Å²) in [6.07, 6.45) is 7.66. The molecule has 0 saturated heterocycles. The molecule has 128 valence electrons. The second-order valence-electron chi connectivity index (χ2n) is 7.84. The summed E-state index contributed by atoms with van der Waals surface area (Å²) in [5, 5.41) is 9.34. The molecule has 5 unspecified atom stereocenters. The molecule has 0 aliphatic heterocycles. The Morgan fingerprint density at radius 3 is 2.70 bits per heavy atom. The Bertz CT molecular complexity index is 555. The predicted molar refractivity (Wildman–Crippen MR) is 96.3 cm³/mol. The van der Waals surface area contributed by atoms with Crippen LogP contribution in [0.1, 0.15) is 75.5 Å². The van der Waals surface area contributed by atoms with Crippen molar-refractivity contribution < 1.29 is 5.11 Å². The zero-order chi connectivity index (χ0) is 16.6. The molecular weight excluding hydrogens is 282 g/mol. The number of nitrogens with two attached hydrogens (primary N) is 1. The molecule has 3 aliphatic rings. The van der Waals surface area contributed by atoms with E-state index in [4.69, 9.17) is 5.73 Å². The minimum Gasteiger partial charge on any atom is -0.392 e. The molecule has 23 heavy (non-hydrogen) atoms. The first-order valence-electron chi connectivity index (χ1n) is 9.61. The first-order valence-corrected chi connectivity index (χ1v) is 9.61. The quantitative estimate of drug-likeness (QED) is 0.807. The molecule has 0 spiro atoms. The van der Waals surface area contributed by atoms with Crippen LogP contribution in [0.2, 0.25) is 0 Å². The van der Waals surface area contributed by atoms with Crippen molar-refractivity contribution in [1.29, 1.82) is 0 Å². The fraction of sp³-hybridized carbons (Fsp3) is 0.714. The van der Waals surface area contributed by atoms with E-state index in [1.165, 1.54) is 44.1 Å². The Labute approximate surface area is 141 Å². The smallest absolute Gasteiger partial charge is 0.0681 e. The Hall–Kier alpha value is -0.860. The van der Waals surface area contributed by atoms with Crippen LogP contribution in [0.5, 0.6) is 0 Å². The lowest BCUT2D eigenvalue weighted by atomic mass is 9.55. The zero-order valence-corrected chi connectivity index (χ0v) is 15.0. The molecule has 0 heterocycles. The third-order valence-corrected chi connectivity index (χ3v) is 7.05. The van der Waals surface area contributed by atoms with Crippen LogP contribution in [0.3, 0.4) is 0 Å². The summed E-state index contributed by atoms with van der Waals surface area (Å²) < 4.78 is 0. The van der Waals surface area contributed by atoms with E-state index in [2.05, 4.69) is 25.1 Å². The van der Waals surface area contributed by atoms with Gasteiger partial charge in [0.2, 0.25) is 0 Å². The van der Waals surface area contributed by atoms with Gasteiger partial charge in [-0.3, -0.25) is 0 Å². The molecule has 3 aliphatic carbocycles. The van der Waals surface area contributed by atoms with E-state index in [0.29, 0.717) is 11.5 Å². The summed E-state index contributed by atoms with van der Waals surface area (Å²) in [6.45, 7) is 6.62. The summed E-state index contributed by atoms with van der Waals surface area (Å²) >= 11 is 0. The average molecular weight is 316 g/mol. The van der Waals surface area contributed by atoms with Gasteiger partial charge in [-0.2, -0.15) is 0 Å². The first kappa shape index (κ1) is 17.0. The van der Waals surface area contributed by atoms with E-state index in [9.17, 15) is 5.11 Å². The van der Waals surface area contributed by atoms with Gasteiger partial charge < -0.3 is 10.8 Å². The highest BCUT2D eigenvalue weighted by Crippen LogP contribution is 2.60. The number of fused-ring (bicyclic) bond motifs is 5. The second kappa shape index (κ2) is 6.57. The predicted octanol–water partition coefficient (Wildman–Crippen LogP) is 4.39. The van der Waals surface area contributed by atoms with Crippen molar-refractivity contribution >= 4 is 0 Å². The lowest BCUT2D eigenvalue weighted by Crippen LogP contribution is -2.46. The van der Waals surface area contributed by atoms with E-state index < -0.39 is 0 Å².